The van der Waals surface area contributed by atoms with Crippen LogP contribution in [0.3, 0.4) is 0 Å². The van der Waals surface area contributed by atoms with E-state index in [2.05, 4.69) is 0 Å². The predicted molar refractivity (Wildman–Crippen MR) is 41.7 cm³/mol. The summed E-state index contributed by atoms with van der Waals surface area (Å²) in [6.45, 7) is 0.443. The third-order valence-electron chi connectivity index (χ3n) is 2.65. The van der Waals surface area contributed by atoms with Gasteiger partial charge in [0.1, 0.15) is 6.10 Å². The highest BCUT2D eigenvalue weighted by molar-refractivity contribution is 5.70. The third kappa shape index (κ3) is 1.06. The zero-order valence-corrected chi connectivity index (χ0v) is 6.90. The normalized spacial score (nSPS) is 33.8. The van der Waals surface area contributed by atoms with Crippen LogP contribution in [0.25, 0.3) is 0 Å². The number of hydrogen-bond donors (Lipinski definition) is 1. The number of amides is 1. The van der Waals surface area contributed by atoms with Crippen molar-refractivity contribution >= 4 is 6.09 Å². The lowest BCUT2D eigenvalue weighted by Gasteiger charge is -2.18. The minimum absolute atomic E-state index is 0.0261. The Hall–Kier alpha value is -0.770. The molecule has 1 N–H and O–H groups in total. The molecule has 0 unspecified atom stereocenters. The number of aliphatic hydroxyl groups excluding tert-OH is 1. The fourth-order valence-electron chi connectivity index (χ4n) is 2.10. The van der Waals surface area contributed by atoms with Crippen molar-refractivity contribution in [2.45, 2.75) is 31.4 Å². The lowest BCUT2D eigenvalue weighted by Crippen LogP contribution is -2.35. The molecule has 0 bridgehead atoms. The molecule has 0 aromatic carbocycles. The van der Waals surface area contributed by atoms with E-state index in [1.807, 2.05) is 0 Å². The predicted octanol–water partition coefficient (Wildman–Crippen LogP) is 0.352. The Morgan fingerprint density at radius 3 is 3.17 bits per heavy atom. The van der Waals surface area contributed by atoms with E-state index in [0.29, 0.717) is 6.54 Å². The Morgan fingerprint density at radius 1 is 1.58 bits per heavy atom. The molecule has 4 heteroatoms. The maximum Gasteiger partial charge on any atom is 0.410 e. The Morgan fingerprint density at radius 2 is 2.42 bits per heavy atom. The topological polar surface area (TPSA) is 49.8 Å². The van der Waals surface area contributed by atoms with E-state index in [4.69, 9.17) is 9.84 Å². The zero-order valence-electron chi connectivity index (χ0n) is 6.90. The number of ether oxygens (including phenoxy) is 1. The molecule has 1 amide bonds. The molecule has 4 nitrogen and oxygen atoms in total. The van der Waals surface area contributed by atoms with Gasteiger partial charge in [-0.1, -0.05) is 0 Å². The fraction of sp³-hybridized carbons (Fsp3) is 0.875. The molecular weight excluding hydrogens is 158 g/mol. The van der Waals surface area contributed by atoms with Crippen LogP contribution in [0.15, 0.2) is 0 Å². The molecule has 0 aromatic rings. The van der Waals surface area contributed by atoms with Gasteiger partial charge in [0.25, 0.3) is 0 Å². The average Bonchev–Trinajstić information content (AvgIpc) is 2.56. The maximum absolute atomic E-state index is 11.2. The summed E-state index contributed by atoms with van der Waals surface area (Å²) < 4.78 is 5.13. The lowest BCUT2D eigenvalue weighted by molar-refractivity contribution is 0.128. The van der Waals surface area contributed by atoms with Crippen molar-refractivity contribution in [3.8, 4) is 0 Å². The van der Waals surface area contributed by atoms with E-state index in [1.165, 1.54) is 0 Å². The minimum atomic E-state index is -0.251. The van der Waals surface area contributed by atoms with Gasteiger partial charge in [-0.3, -0.25) is 4.90 Å². The summed E-state index contributed by atoms with van der Waals surface area (Å²) >= 11 is 0. The van der Waals surface area contributed by atoms with Crippen molar-refractivity contribution in [1.29, 1.82) is 0 Å². The largest absolute Gasteiger partial charge is 0.444 e. The highest BCUT2D eigenvalue weighted by Gasteiger charge is 2.43. The van der Waals surface area contributed by atoms with Crippen molar-refractivity contribution in [2.24, 2.45) is 0 Å². The van der Waals surface area contributed by atoms with E-state index < -0.39 is 0 Å². The highest BCUT2D eigenvalue weighted by Crippen LogP contribution is 2.32. The van der Waals surface area contributed by atoms with Gasteiger partial charge in [-0.05, 0) is 19.3 Å². The van der Waals surface area contributed by atoms with E-state index in [-0.39, 0.29) is 24.8 Å². The molecule has 1 saturated heterocycles. The second-order valence-electron chi connectivity index (χ2n) is 3.34. The van der Waals surface area contributed by atoms with Crippen LogP contribution in [0.2, 0.25) is 0 Å². The second kappa shape index (κ2) is 2.94. The van der Waals surface area contributed by atoms with Crippen LogP contribution in [-0.4, -0.2) is 41.4 Å². The first-order chi connectivity index (χ1) is 5.83. The molecule has 2 aliphatic rings. The molecule has 2 rings (SSSR count). The van der Waals surface area contributed by atoms with Crippen molar-refractivity contribution in [3.05, 3.63) is 0 Å². The van der Waals surface area contributed by atoms with Gasteiger partial charge >= 0.3 is 6.09 Å². The van der Waals surface area contributed by atoms with Crippen LogP contribution in [0.1, 0.15) is 19.3 Å². The van der Waals surface area contributed by atoms with Crippen molar-refractivity contribution in [2.75, 3.05) is 13.2 Å². The summed E-state index contributed by atoms with van der Waals surface area (Å²) in [4.78, 5) is 12.8. The SMILES string of the molecule is O=C1O[C@@H]2CCC[C@H]2N1CCO. The molecule has 2 fully saturated rings. The van der Waals surface area contributed by atoms with Gasteiger partial charge in [0.05, 0.1) is 12.6 Å². The smallest absolute Gasteiger partial charge is 0.410 e. The summed E-state index contributed by atoms with van der Waals surface area (Å²) in [6.07, 6.45) is 2.99. The summed E-state index contributed by atoms with van der Waals surface area (Å²) in [6, 6.07) is 0.240. The monoisotopic (exact) mass is 171 g/mol. The summed E-state index contributed by atoms with van der Waals surface area (Å²) in [7, 11) is 0. The highest BCUT2D eigenvalue weighted by atomic mass is 16.6. The zero-order chi connectivity index (χ0) is 8.55. The number of nitrogens with zero attached hydrogens (tertiary/aromatic N) is 1. The van der Waals surface area contributed by atoms with Gasteiger partial charge in [0, 0.05) is 6.54 Å². The average molecular weight is 171 g/mol. The van der Waals surface area contributed by atoms with Gasteiger partial charge < -0.3 is 9.84 Å². The van der Waals surface area contributed by atoms with Crippen molar-refractivity contribution in [1.82, 2.24) is 4.90 Å². The van der Waals surface area contributed by atoms with Crippen molar-refractivity contribution in [3.63, 3.8) is 0 Å². The Bertz CT molecular complexity index is 195. The number of rotatable bonds is 2. The maximum atomic E-state index is 11.2. The second-order valence-corrected chi connectivity index (χ2v) is 3.34. The van der Waals surface area contributed by atoms with Crippen molar-refractivity contribution < 1.29 is 14.6 Å². The fourth-order valence-corrected chi connectivity index (χ4v) is 2.10. The van der Waals surface area contributed by atoms with E-state index in [0.717, 1.165) is 19.3 Å². The summed E-state index contributed by atoms with van der Waals surface area (Å²) in [5, 5.41) is 8.71. The molecule has 0 radical (unpaired) electrons. The van der Waals surface area contributed by atoms with Crippen LogP contribution in [0.5, 0.6) is 0 Å². The van der Waals surface area contributed by atoms with Crippen LogP contribution in [0.4, 0.5) is 4.79 Å². The van der Waals surface area contributed by atoms with Crippen LogP contribution < -0.4 is 0 Å². The number of aliphatic hydroxyl groups is 1. The molecule has 1 aliphatic carbocycles. The third-order valence-corrected chi connectivity index (χ3v) is 2.65. The molecule has 0 spiro atoms. The summed E-state index contributed by atoms with van der Waals surface area (Å²) in [5.41, 5.74) is 0. The number of carbonyl (C=O) groups excluding carboxylic acids is 1. The van der Waals surface area contributed by atoms with Crippen LogP contribution in [-0.2, 0) is 4.74 Å². The molecule has 1 heterocycles. The van der Waals surface area contributed by atoms with Gasteiger partial charge in [-0.2, -0.15) is 0 Å². The number of carbonyl (C=O) groups is 1. The molecule has 2 atom stereocenters. The van der Waals surface area contributed by atoms with E-state index >= 15 is 0 Å². The van der Waals surface area contributed by atoms with Crippen LogP contribution >= 0.6 is 0 Å². The van der Waals surface area contributed by atoms with E-state index in [9.17, 15) is 4.79 Å². The summed E-state index contributed by atoms with van der Waals surface area (Å²) in [5.74, 6) is 0. The first kappa shape index (κ1) is 7.86. The van der Waals surface area contributed by atoms with Crippen LogP contribution in [0, 0.1) is 0 Å². The van der Waals surface area contributed by atoms with Gasteiger partial charge in [0.2, 0.25) is 0 Å². The first-order valence-electron chi connectivity index (χ1n) is 4.41. The molecule has 1 saturated carbocycles. The molecular formula is C8H13NO3. The van der Waals surface area contributed by atoms with Gasteiger partial charge in [0.15, 0.2) is 0 Å². The van der Waals surface area contributed by atoms with E-state index in [1.54, 1.807) is 4.90 Å². The first-order valence-corrected chi connectivity index (χ1v) is 4.41. The van der Waals surface area contributed by atoms with Gasteiger partial charge in [-0.15, -0.1) is 0 Å². The minimum Gasteiger partial charge on any atom is -0.444 e. The Kier molecular flexibility index (Phi) is 1.92. The molecule has 68 valence electrons. The lowest BCUT2D eigenvalue weighted by atomic mass is 10.2. The number of β-amino-alcohol motifs (C(OH)–C–C–N with tert-alkyl or cyclic N) is 1. The quantitative estimate of drug-likeness (QED) is 0.652. The molecule has 12 heavy (non-hydrogen) atoms. The molecule has 0 aromatic heterocycles. The molecule has 1 aliphatic heterocycles. The number of hydrogen-bond acceptors (Lipinski definition) is 3. The van der Waals surface area contributed by atoms with Gasteiger partial charge in [-0.25, -0.2) is 4.79 Å². The standard InChI is InChI=1S/C8H13NO3/c10-5-4-9-6-2-1-3-7(6)12-8(9)11/h6-7,10H,1-5H2/t6-,7-/m1/s1. The number of fused-ring (bicyclic) bond motifs is 1. The Labute approximate surface area is 71.1 Å². The Balaban J connectivity index is 2.05.